The number of hydrogen-bond donors (Lipinski definition) is 0. The van der Waals surface area contributed by atoms with Gasteiger partial charge in [-0.05, 0) is 12.1 Å². The van der Waals surface area contributed by atoms with E-state index >= 15 is 0 Å². The molecule has 82 valence electrons. The number of carbonyl (C=O) groups is 1. The molecule has 0 aromatic carbocycles. The number of fused-ring (bicyclic) bond motifs is 1. The first-order valence-electron chi connectivity index (χ1n) is 4.39. The highest BCUT2D eigenvalue weighted by Gasteiger charge is 2.07. The molecule has 0 unspecified atom stereocenters. The monoisotopic (exact) mass is 238 g/mol. The van der Waals surface area contributed by atoms with Crippen LogP contribution in [0.25, 0.3) is 5.65 Å². The van der Waals surface area contributed by atoms with Crippen molar-refractivity contribution in [2.45, 2.75) is 0 Å². The second-order valence-electron chi connectivity index (χ2n) is 3.05. The largest absolute Gasteiger partial charge is 0.465 e. The summed E-state index contributed by atoms with van der Waals surface area (Å²) in [5.41, 5.74) is 0.323. The van der Waals surface area contributed by atoms with Gasteiger partial charge in [-0.15, -0.1) is 0 Å². The zero-order valence-electron chi connectivity index (χ0n) is 8.31. The molecule has 0 aliphatic heterocycles. The number of nitrogens with zero attached hydrogens (tertiary/aromatic N) is 2. The van der Waals surface area contributed by atoms with E-state index in [1.807, 2.05) is 0 Å². The van der Waals surface area contributed by atoms with E-state index in [0.717, 1.165) is 0 Å². The van der Waals surface area contributed by atoms with Crippen molar-refractivity contribution in [3.05, 3.63) is 45.5 Å². The molecule has 0 fully saturated rings. The van der Waals surface area contributed by atoms with Gasteiger partial charge in [-0.1, -0.05) is 11.6 Å². The smallest absolute Gasteiger partial charge is 0.338 e. The Bertz CT molecular complexity index is 621. The molecule has 0 saturated carbocycles. The first-order chi connectivity index (χ1) is 7.61. The number of ether oxygens (including phenoxy) is 1. The predicted octanol–water partition coefficient (Wildman–Crippen LogP) is 1.13. The van der Waals surface area contributed by atoms with Gasteiger partial charge in [-0.3, -0.25) is 9.20 Å². The number of halogens is 1. The summed E-state index contributed by atoms with van der Waals surface area (Å²) in [6.07, 6.45) is 1.45. The maximum atomic E-state index is 11.5. The van der Waals surface area contributed by atoms with Gasteiger partial charge < -0.3 is 4.74 Å². The molecule has 0 aliphatic rings. The lowest BCUT2D eigenvalue weighted by Gasteiger charge is -2.02. The minimum Gasteiger partial charge on any atom is -0.465 e. The Morgan fingerprint density at radius 1 is 1.50 bits per heavy atom. The van der Waals surface area contributed by atoms with Crippen LogP contribution in [0, 0.1) is 0 Å². The van der Waals surface area contributed by atoms with Crippen molar-refractivity contribution in [3.63, 3.8) is 0 Å². The first kappa shape index (κ1) is 10.6. The molecular weight excluding hydrogens is 232 g/mol. The van der Waals surface area contributed by atoms with E-state index in [-0.39, 0.29) is 10.7 Å². The summed E-state index contributed by atoms with van der Waals surface area (Å²) in [4.78, 5) is 26.7. The van der Waals surface area contributed by atoms with Crippen LogP contribution in [0.15, 0.2) is 29.2 Å². The molecule has 2 rings (SSSR count). The van der Waals surface area contributed by atoms with E-state index in [1.165, 1.54) is 35.9 Å². The molecule has 0 saturated heterocycles. The van der Waals surface area contributed by atoms with Crippen molar-refractivity contribution >= 4 is 23.2 Å². The van der Waals surface area contributed by atoms with Crippen LogP contribution in [0.1, 0.15) is 10.4 Å². The predicted molar refractivity (Wildman–Crippen MR) is 57.8 cm³/mol. The lowest BCUT2D eigenvalue weighted by molar-refractivity contribution is 0.0600. The zero-order chi connectivity index (χ0) is 11.7. The Morgan fingerprint density at radius 3 is 2.94 bits per heavy atom. The van der Waals surface area contributed by atoms with Crippen molar-refractivity contribution in [1.29, 1.82) is 0 Å². The van der Waals surface area contributed by atoms with Crippen LogP contribution in [0.3, 0.4) is 0 Å². The van der Waals surface area contributed by atoms with Crippen molar-refractivity contribution < 1.29 is 9.53 Å². The van der Waals surface area contributed by atoms with Crippen LogP contribution in [-0.2, 0) is 4.74 Å². The molecule has 16 heavy (non-hydrogen) atoms. The van der Waals surface area contributed by atoms with Crippen molar-refractivity contribution in [3.8, 4) is 0 Å². The summed E-state index contributed by atoms with van der Waals surface area (Å²) < 4.78 is 5.85. The van der Waals surface area contributed by atoms with E-state index in [2.05, 4.69) is 9.72 Å². The lowest BCUT2D eigenvalue weighted by atomic mass is 10.2. The third-order valence-electron chi connectivity index (χ3n) is 2.06. The zero-order valence-corrected chi connectivity index (χ0v) is 9.06. The van der Waals surface area contributed by atoms with Crippen molar-refractivity contribution in [2.24, 2.45) is 0 Å². The van der Waals surface area contributed by atoms with Gasteiger partial charge in [0.15, 0.2) is 0 Å². The van der Waals surface area contributed by atoms with Gasteiger partial charge in [-0.25, -0.2) is 9.78 Å². The van der Waals surface area contributed by atoms with Crippen LogP contribution >= 0.6 is 11.6 Å². The van der Waals surface area contributed by atoms with Gasteiger partial charge in [0.1, 0.15) is 10.8 Å². The Morgan fingerprint density at radius 2 is 2.25 bits per heavy atom. The summed E-state index contributed by atoms with van der Waals surface area (Å²) in [7, 11) is 1.28. The highest BCUT2D eigenvalue weighted by Crippen LogP contribution is 2.07. The fraction of sp³-hybridized carbons (Fsp3) is 0.100. The second kappa shape index (κ2) is 3.94. The van der Waals surface area contributed by atoms with Gasteiger partial charge in [0.05, 0.1) is 12.7 Å². The van der Waals surface area contributed by atoms with E-state index in [1.54, 1.807) is 0 Å². The van der Waals surface area contributed by atoms with E-state index in [9.17, 15) is 9.59 Å². The summed E-state index contributed by atoms with van der Waals surface area (Å²) in [6.45, 7) is 0. The molecule has 0 aliphatic carbocycles. The normalized spacial score (nSPS) is 10.4. The fourth-order valence-corrected chi connectivity index (χ4v) is 1.50. The molecule has 0 amide bonds. The Labute approximate surface area is 95.2 Å². The van der Waals surface area contributed by atoms with E-state index in [4.69, 9.17) is 11.6 Å². The summed E-state index contributed by atoms with van der Waals surface area (Å²) in [5, 5.41) is 0.0898. The van der Waals surface area contributed by atoms with Crippen LogP contribution in [-0.4, -0.2) is 22.5 Å². The number of esters is 1. The molecule has 0 atom stereocenters. The number of methoxy groups -OCH3 is 1. The molecule has 2 aromatic rings. The Hall–Kier alpha value is -1.88. The van der Waals surface area contributed by atoms with E-state index in [0.29, 0.717) is 11.2 Å². The maximum absolute atomic E-state index is 11.5. The molecule has 0 bridgehead atoms. The van der Waals surface area contributed by atoms with Crippen LogP contribution in [0.4, 0.5) is 0 Å². The average molecular weight is 239 g/mol. The summed E-state index contributed by atoms with van der Waals surface area (Å²) in [5.74, 6) is -0.489. The number of pyridine rings is 1. The lowest BCUT2D eigenvalue weighted by Crippen LogP contribution is -2.14. The first-order valence-corrected chi connectivity index (χ1v) is 4.77. The van der Waals surface area contributed by atoms with Gasteiger partial charge >= 0.3 is 5.97 Å². The minimum absolute atomic E-state index is 0.0898. The average Bonchev–Trinajstić information content (AvgIpc) is 2.27. The molecule has 5 nitrogen and oxygen atoms in total. The summed E-state index contributed by atoms with van der Waals surface area (Å²) >= 11 is 5.65. The number of aromatic nitrogens is 2. The SMILES string of the molecule is COC(=O)c1ccn2c(=O)cc(Cl)nc2c1. The molecule has 2 heterocycles. The van der Waals surface area contributed by atoms with Crippen molar-refractivity contribution in [1.82, 2.24) is 9.38 Å². The molecular formula is C10H7ClN2O3. The highest BCUT2D eigenvalue weighted by atomic mass is 35.5. The third kappa shape index (κ3) is 1.77. The molecule has 0 N–H and O–H groups in total. The van der Waals surface area contributed by atoms with Gasteiger partial charge in [0.25, 0.3) is 5.56 Å². The second-order valence-corrected chi connectivity index (χ2v) is 3.44. The van der Waals surface area contributed by atoms with Crippen molar-refractivity contribution in [2.75, 3.05) is 7.11 Å². The van der Waals surface area contributed by atoms with Crippen LogP contribution in [0.5, 0.6) is 0 Å². The Balaban J connectivity index is 2.71. The molecule has 6 heteroatoms. The van der Waals surface area contributed by atoms with Crippen LogP contribution < -0.4 is 5.56 Å². The quantitative estimate of drug-likeness (QED) is 0.552. The third-order valence-corrected chi connectivity index (χ3v) is 2.25. The molecule has 0 radical (unpaired) electrons. The maximum Gasteiger partial charge on any atom is 0.338 e. The standard InChI is InChI=1S/C10H7ClN2O3/c1-16-10(15)6-2-3-13-8(4-6)12-7(11)5-9(13)14/h2-5H,1H3. The number of hydrogen-bond acceptors (Lipinski definition) is 4. The summed E-state index contributed by atoms with van der Waals surface area (Å²) in [6, 6.07) is 4.13. The number of carbonyl (C=O) groups excluding carboxylic acids is 1. The van der Waals surface area contributed by atoms with Gasteiger partial charge in [0.2, 0.25) is 0 Å². The topological polar surface area (TPSA) is 60.7 Å². The fourth-order valence-electron chi connectivity index (χ4n) is 1.32. The highest BCUT2D eigenvalue weighted by molar-refractivity contribution is 6.29. The minimum atomic E-state index is -0.489. The van der Waals surface area contributed by atoms with Gasteiger partial charge in [0, 0.05) is 12.3 Å². The Kier molecular flexibility index (Phi) is 2.62. The van der Waals surface area contributed by atoms with E-state index < -0.39 is 5.97 Å². The van der Waals surface area contributed by atoms with Crippen LogP contribution in [0.2, 0.25) is 5.15 Å². The molecule has 2 aromatic heterocycles. The number of rotatable bonds is 1. The molecule has 0 spiro atoms. The van der Waals surface area contributed by atoms with Gasteiger partial charge in [-0.2, -0.15) is 0 Å².